The molecule has 0 saturated heterocycles. The summed E-state index contributed by atoms with van der Waals surface area (Å²) in [5.41, 5.74) is 0.404. The fourth-order valence-electron chi connectivity index (χ4n) is 0.902. The summed E-state index contributed by atoms with van der Waals surface area (Å²) in [5.74, 6) is 4.25. The van der Waals surface area contributed by atoms with Gasteiger partial charge in [-0.15, -0.1) is 13.2 Å². The van der Waals surface area contributed by atoms with Crippen LogP contribution in [0.4, 0.5) is 13.2 Å². The maximum Gasteiger partial charge on any atom is 0.573 e. The van der Waals surface area contributed by atoms with Gasteiger partial charge in [-0.3, -0.25) is 4.79 Å². The van der Waals surface area contributed by atoms with Crippen molar-refractivity contribution in [1.82, 2.24) is 0 Å². The van der Waals surface area contributed by atoms with E-state index in [1.54, 1.807) is 0 Å². The maximum atomic E-state index is 11.9. The molecule has 0 atom stereocenters. The Bertz CT molecular complexity index is 457. The molecule has 0 aliphatic carbocycles. The second kappa shape index (κ2) is 5.03. The third-order valence-corrected chi connectivity index (χ3v) is 2.10. The molecule has 84 valence electrons. The zero-order valence-electron chi connectivity index (χ0n) is 7.64. The van der Waals surface area contributed by atoms with Gasteiger partial charge < -0.3 is 4.74 Å². The second-order valence-corrected chi connectivity index (χ2v) is 3.43. The molecule has 6 heteroatoms. The van der Waals surface area contributed by atoms with E-state index in [-0.39, 0.29) is 5.75 Å². The lowest BCUT2D eigenvalue weighted by molar-refractivity contribution is -0.274. The predicted molar refractivity (Wildman–Crippen MR) is 53.8 cm³/mol. The number of carbonyl (C=O) groups excluding carboxylic acids is 1. The average molecular weight is 293 g/mol. The largest absolute Gasteiger partial charge is 0.573 e. The summed E-state index contributed by atoms with van der Waals surface area (Å²) in [4.78, 5) is 9.98. The van der Waals surface area contributed by atoms with Crippen LogP contribution in [0.2, 0.25) is 0 Å². The molecule has 2 nitrogen and oxygen atoms in total. The lowest BCUT2D eigenvalue weighted by Crippen LogP contribution is -2.17. The molecule has 1 aromatic rings. The van der Waals surface area contributed by atoms with Gasteiger partial charge in [-0.1, -0.05) is 5.92 Å². The molecule has 0 aliphatic rings. The Hall–Kier alpha value is -1.48. The number of aldehydes is 1. The predicted octanol–water partition coefficient (Wildman–Crippen LogP) is 2.90. The van der Waals surface area contributed by atoms with Crippen molar-refractivity contribution in [3.8, 4) is 17.6 Å². The molecule has 0 unspecified atom stereocenters. The molecule has 0 spiro atoms. The quantitative estimate of drug-likeness (QED) is 0.588. The average Bonchev–Trinajstić information content (AvgIpc) is 2.14. The van der Waals surface area contributed by atoms with Crippen LogP contribution in [0.15, 0.2) is 22.7 Å². The van der Waals surface area contributed by atoms with E-state index in [1.165, 1.54) is 6.07 Å². The van der Waals surface area contributed by atoms with Gasteiger partial charge in [0.1, 0.15) is 5.75 Å². The number of halogens is 4. The molecule has 0 aromatic heterocycles. The Morgan fingerprint density at radius 1 is 1.38 bits per heavy atom. The zero-order chi connectivity index (χ0) is 12.2. The van der Waals surface area contributed by atoms with Gasteiger partial charge in [-0.2, -0.15) is 0 Å². The summed E-state index contributed by atoms with van der Waals surface area (Å²) in [5, 5.41) is 0. The molecule has 0 aliphatic heterocycles. The fourth-order valence-corrected chi connectivity index (χ4v) is 1.36. The molecule has 0 radical (unpaired) electrons. The Morgan fingerprint density at radius 2 is 2.06 bits per heavy atom. The number of hydrogen-bond donors (Lipinski definition) is 0. The van der Waals surface area contributed by atoms with E-state index in [9.17, 15) is 18.0 Å². The van der Waals surface area contributed by atoms with Crippen LogP contribution < -0.4 is 4.74 Å². The van der Waals surface area contributed by atoms with E-state index >= 15 is 0 Å². The lowest BCUT2D eigenvalue weighted by atomic mass is 10.2. The van der Waals surface area contributed by atoms with Crippen LogP contribution in [0.25, 0.3) is 0 Å². The highest BCUT2D eigenvalue weighted by molar-refractivity contribution is 9.10. The lowest BCUT2D eigenvalue weighted by Gasteiger charge is -2.09. The second-order valence-electron chi connectivity index (χ2n) is 2.58. The van der Waals surface area contributed by atoms with Gasteiger partial charge in [0.2, 0.25) is 0 Å². The molecule has 0 amide bonds. The molecule has 1 aromatic carbocycles. The van der Waals surface area contributed by atoms with Crippen LogP contribution in [0.3, 0.4) is 0 Å². The molecular formula is C10H4BrF3O2. The van der Waals surface area contributed by atoms with Gasteiger partial charge in [0.15, 0.2) is 6.29 Å². The molecule has 0 N–H and O–H groups in total. The highest BCUT2D eigenvalue weighted by Crippen LogP contribution is 2.27. The van der Waals surface area contributed by atoms with Crippen molar-refractivity contribution in [2.45, 2.75) is 6.36 Å². The van der Waals surface area contributed by atoms with E-state index in [4.69, 9.17) is 0 Å². The number of benzene rings is 1. The van der Waals surface area contributed by atoms with Crippen LogP contribution in [-0.4, -0.2) is 12.6 Å². The number of alkyl halides is 3. The molecule has 0 saturated carbocycles. The minimum Gasteiger partial charge on any atom is -0.406 e. The van der Waals surface area contributed by atoms with Gasteiger partial charge in [-0.25, -0.2) is 0 Å². The van der Waals surface area contributed by atoms with Gasteiger partial charge in [-0.05, 0) is 40.0 Å². The first-order chi connectivity index (χ1) is 7.42. The molecule has 0 bridgehead atoms. The SMILES string of the molecule is O=CC#Cc1ccc(OC(F)(F)F)cc1Br. The van der Waals surface area contributed by atoms with Crippen molar-refractivity contribution in [2.24, 2.45) is 0 Å². The van der Waals surface area contributed by atoms with E-state index < -0.39 is 6.36 Å². The fraction of sp³-hybridized carbons (Fsp3) is 0.100. The summed E-state index contributed by atoms with van der Waals surface area (Å²) >= 11 is 3.02. The van der Waals surface area contributed by atoms with Crippen molar-refractivity contribution in [3.05, 3.63) is 28.2 Å². The van der Waals surface area contributed by atoms with Gasteiger partial charge in [0, 0.05) is 10.0 Å². The minimum absolute atomic E-state index is 0.323. The Kier molecular flexibility index (Phi) is 3.96. The van der Waals surface area contributed by atoms with Crippen LogP contribution in [-0.2, 0) is 4.79 Å². The summed E-state index contributed by atoms with van der Waals surface area (Å²) < 4.78 is 39.6. The van der Waals surface area contributed by atoms with E-state index in [0.29, 0.717) is 16.3 Å². The van der Waals surface area contributed by atoms with Crippen LogP contribution in [0.5, 0.6) is 5.75 Å². The normalized spacial score (nSPS) is 10.2. The Labute approximate surface area is 97.5 Å². The highest BCUT2D eigenvalue weighted by atomic mass is 79.9. The van der Waals surface area contributed by atoms with Gasteiger partial charge >= 0.3 is 6.36 Å². The standard InChI is InChI=1S/C10H4BrF3O2/c11-9-6-8(16-10(12,13)14)4-3-7(9)2-1-5-15/h3-6H. The third-order valence-electron chi connectivity index (χ3n) is 1.44. The highest BCUT2D eigenvalue weighted by Gasteiger charge is 2.31. The molecule has 0 fully saturated rings. The molecule has 1 rings (SSSR count). The van der Waals surface area contributed by atoms with Crippen molar-refractivity contribution < 1.29 is 22.7 Å². The van der Waals surface area contributed by atoms with Crippen molar-refractivity contribution in [1.29, 1.82) is 0 Å². The first-order valence-electron chi connectivity index (χ1n) is 3.93. The van der Waals surface area contributed by atoms with E-state index in [1.807, 2.05) is 0 Å². The summed E-state index contributed by atoms with van der Waals surface area (Å²) in [6.45, 7) is 0. The monoisotopic (exact) mass is 292 g/mol. The summed E-state index contributed by atoms with van der Waals surface area (Å²) in [6.07, 6.45) is -4.33. The van der Waals surface area contributed by atoms with E-state index in [0.717, 1.165) is 12.1 Å². The molecule has 16 heavy (non-hydrogen) atoms. The number of ether oxygens (including phenoxy) is 1. The minimum atomic E-state index is -4.73. The summed E-state index contributed by atoms with van der Waals surface area (Å²) in [7, 11) is 0. The van der Waals surface area contributed by atoms with Crippen LogP contribution in [0, 0.1) is 11.8 Å². The topological polar surface area (TPSA) is 26.3 Å². The van der Waals surface area contributed by atoms with Crippen molar-refractivity contribution >= 4 is 22.2 Å². The van der Waals surface area contributed by atoms with Gasteiger partial charge in [0.05, 0.1) is 0 Å². The Morgan fingerprint density at radius 3 is 2.56 bits per heavy atom. The number of carbonyl (C=O) groups is 1. The first kappa shape index (κ1) is 12.6. The first-order valence-corrected chi connectivity index (χ1v) is 4.72. The number of hydrogen-bond acceptors (Lipinski definition) is 2. The van der Waals surface area contributed by atoms with Gasteiger partial charge in [0.25, 0.3) is 0 Å². The number of rotatable bonds is 1. The molecular weight excluding hydrogens is 289 g/mol. The Balaban J connectivity index is 2.95. The zero-order valence-corrected chi connectivity index (χ0v) is 9.22. The molecule has 0 heterocycles. The van der Waals surface area contributed by atoms with Crippen LogP contribution >= 0.6 is 15.9 Å². The van der Waals surface area contributed by atoms with E-state index in [2.05, 4.69) is 32.5 Å². The van der Waals surface area contributed by atoms with Crippen molar-refractivity contribution in [3.63, 3.8) is 0 Å². The van der Waals surface area contributed by atoms with Crippen LogP contribution in [0.1, 0.15) is 5.56 Å². The smallest absolute Gasteiger partial charge is 0.406 e. The summed E-state index contributed by atoms with van der Waals surface area (Å²) in [6, 6.07) is 3.57. The third kappa shape index (κ3) is 3.95. The van der Waals surface area contributed by atoms with Crippen molar-refractivity contribution in [2.75, 3.05) is 0 Å². The maximum absolute atomic E-state index is 11.9.